The first kappa shape index (κ1) is 10.2. The summed E-state index contributed by atoms with van der Waals surface area (Å²) >= 11 is 0. The molecule has 0 aromatic heterocycles. The SMILES string of the molecule is NC(=O)OS(=O)(=O)CCCF. The lowest BCUT2D eigenvalue weighted by molar-refractivity contribution is 0.212. The van der Waals surface area contributed by atoms with Crippen LogP contribution in [0.15, 0.2) is 0 Å². The van der Waals surface area contributed by atoms with Crippen molar-refractivity contribution in [3.8, 4) is 0 Å². The second kappa shape index (κ2) is 4.12. The van der Waals surface area contributed by atoms with Crippen molar-refractivity contribution in [3.05, 3.63) is 0 Å². The smallest absolute Gasteiger partial charge is 0.334 e. The fourth-order valence-electron chi connectivity index (χ4n) is 0.398. The lowest BCUT2D eigenvalue weighted by Gasteiger charge is -1.99. The number of nitrogens with two attached hydrogens (primary N) is 1. The highest BCUT2D eigenvalue weighted by atomic mass is 32.2. The van der Waals surface area contributed by atoms with Crippen molar-refractivity contribution in [2.24, 2.45) is 5.73 Å². The van der Waals surface area contributed by atoms with Crippen LogP contribution in [0.1, 0.15) is 6.42 Å². The molecule has 0 bridgehead atoms. The molecule has 11 heavy (non-hydrogen) atoms. The van der Waals surface area contributed by atoms with Gasteiger partial charge in [-0.15, -0.1) is 0 Å². The molecule has 0 rings (SSSR count). The zero-order chi connectivity index (χ0) is 8.91. The van der Waals surface area contributed by atoms with E-state index in [1.807, 2.05) is 0 Å². The Morgan fingerprint density at radius 3 is 2.45 bits per heavy atom. The Morgan fingerprint density at radius 2 is 2.09 bits per heavy atom. The van der Waals surface area contributed by atoms with Crippen molar-refractivity contribution >= 4 is 16.2 Å². The summed E-state index contributed by atoms with van der Waals surface area (Å²) in [4.78, 5) is 9.91. The second-order valence-electron chi connectivity index (χ2n) is 1.71. The molecule has 0 aliphatic rings. The highest BCUT2D eigenvalue weighted by Crippen LogP contribution is 1.95. The quantitative estimate of drug-likeness (QED) is 0.613. The molecule has 0 saturated carbocycles. The monoisotopic (exact) mass is 185 g/mol. The molecule has 5 nitrogen and oxygen atoms in total. The van der Waals surface area contributed by atoms with Gasteiger partial charge >= 0.3 is 16.2 Å². The standard InChI is InChI=1S/C4H8FNO4S/c5-2-1-3-11(8,9)10-4(6)7/h1-3H2,(H2,6,7). The largest absolute Gasteiger partial charge is 0.420 e. The van der Waals surface area contributed by atoms with Crippen molar-refractivity contribution in [3.63, 3.8) is 0 Å². The highest BCUT2D eigenvalue weighted by molar-refractivity contribution is 7.87. The summed E-state index contributed by atoms with van der Waals surface area (Å²) in [6.07, 6.45) is -1.60. The fraction of sp³-hybridized carbons (Fsp3) is 0.750. The molecule has 0 saturated heterocycles. The van der Waals surface area contributed by atoms with Crippen molar-refractivity contribution in [1.29, 1.82) is 0 Å². The van der Waals surface area contributed by atoms with Gasteiger partial charge in [-0.05, 0) is 6.42 Å². The summed E-state index contributed by atoms with van der Waals surface area (Å²) in [5.74, 6) is -0.535. The Balaban J connectivity index is 3.92. The first-order chi connectivity index (χ1) is 4.98. The van der Waals surface area contributed by atoms with E-state index >= 15 is 0 Å². The average Bonchev–Trinajstić information content (AvgIpc) is 1.81. The molecule has 0 spiro atoms. The van der Waals surface area contributed by atoms with E-state index in [4.69, 9.17) is 0 Å². The van der Waals surface area contributed by atoms with Crippen LogP contribution in [0.2, 0.25) is 0 Å². The molecule has 0 aliphatic carbocycles. The first-order valence-corrected chi connectivity index (χ1v) is 4.33. The van der Waals surface area contributed by atoms with Crippen molar-refractivity contribution in [2.45, 2.75) is 6.42 Å². The van der Waals surface area contributed by atoms with Gasteiger partial charge in [-0.3, -0.25) is 4.39 Å². The summed E-state index contributed by atoms with van der Waals surface area (Å²) in [5.41, 5.74) is 4.42. The summed E-state index contributed by atoms with van der Waals surface area (Å²) in [6.45, 7) is -0.776. The summed E-state index contributed by atoms with van der Waals surface area (Å²) < 4.78 is 36.1. The third kappa shape index (κ3) is 5.59. The zero-order valence-electron chi connectivity index (χ0n) is 5.62. The average molecular weight is 185 g/mol. The van der Waals surface area contributed by atoms with Gasteiger partial charge in [0, 0.05) is 0 Å². The fourth-order valence-corrected chi connectivity index (χ4v) is 1.19. The Hall–Kier alpha value is -0.850. The van der Waals surface area contributed by atoms with Crippen LogP contribution in [0.4, 0.5) is 9.18 Å². The van der Waals surface area contributed by atoms with Gasteiger partial charge in [-0.1, -0.05) is 0 Å². The van der Waals surface area contributed by atoms with E-state index in [9.17, 15) is 17.6 Å². The van der Waals surface area contributed by atoms with Crippen molar-refractivity contribution in [1.82, 2.24) is 0 Å². The van der Waals surface area contributed by atoms with Gasteiger partial charge in [0.2, 0.25) is 0 Å². The van der Waals surface area contributed by atoms with E-state index in [0.717, 1.165) is 0 Å². The number of rotatable bonds is 4. The maximum atomic E-state index is 11.4. The Kier molecular flexibility index (Phi) is 3.80. The van der Waals surface area contributed by atoms with Crippen LogP contribution >= 0.6 is 0 Å². The van der Waals surface area contributed by atoms with E-state index < -0.39 is 28.6 Å². The molecule has 66 valence electrons. The van der Waals surface area contributed by atoms with Crippen molar-refractivity contribution < 1.29 is 21.8 Å². The number of hydrogen-bond acceptors (Lipinski definition) is 4. The molecule has 0 aliphatic heterocycles. The molecular weight excluding hydrogens is 177 g/mol. The molecule has 0 aromatic carbocycles. The molecule has 2 N–H and O–H groups in total. The van der Waals surface area contributed by atoms with Gasteiger partial charge in [0.05, 0.1) is 12.4 Å². The Bertz CT molecular complexity index is 224. The van der Waals surface area contributed by atoms with Gasteiger partial charge in [0.1, 0.15) is 0 Å². The van der Waals surface area contributed by atoms with Crippen LogP contribution in [0.5, 0.6) is 0 Å². The lowest BCUT2D eigenvalue weighted by Crippen LogP contribution is -2.21. The zero-order valence-corrected chi connectivity index (χ0v) is 6.43. The Morgan fingerprint density at radius 1 is 1.55 bits per heavy atom. The maximum Gasteiger partial charge on any atom is 0.420 e. The number of carbonyl (C=O) groups excluding carboxylic acids is 1. The van der Waals surface area contributed by atoms with E-state index in [-0.39, 0.29) is 6.42 Å². The van der Waals surface area contributed by atoms with E-state index in [2.05, 4.69) is 9.92 Å². The van der Waals surface area contributed by atoms with Crippen LogP contribution in [-0.4, -0.2) is 26.9 Å². The molecule has 0 unspecified atom stereocenters. The van der Waals surface area contributed by atoms with Gasteiger partial charge < -0.3 is 9.92 Å². The molecule has 0 radical (unpaired) electrons. The van der Waals surface area contributed by atoms with Crippen LogP contribution in [-0.2, 0) is 14.3 Å². The Labute approximate surface area is 63.4 Å². The summed E-state index contributed by atoms with van der Waals surface area (Å²) in [7, 11) is -3.96. The minimum Gasteiger partial charge on any atom is -0.334 e. The first-order valence-electron chi connectivity index (χ1n) is 2.75. The van der Waals surface area contributed by atoms with Crippen molar-refractivity contribution in [2.75, 3.05) is 12.4 Å². The number of primary amides is 1. The number of carbonyl (C=O) groups is 1. The van der Waals surface area contributed by atoms with Gasteiger partial charge in [0.25, 0.3) is 0 Å². The molecule has 0 aromatic rings. The molecule has 0 atom stereocenters. The number of hydrogen-bond donors (Lipinski definition) is 1. The van der Waals surface area contributed by atoms with Crippen LogP contribution in [0.3, 0.4) is 0 Å². The maximum absolute atomic E-state index is 11.4. The molecule has 7 heteroatoms. The van der Waals surface area contributed by atoms with E-state index in [1.165, 1.54) is 0 Å². The number of alkyl halides is 1. The van der Waals surface area contributed by atoms with E-state index in [0.29, 0.717) is 0 Å². The summed E-state index contributed by atoms with van der Waals surface area (Å²) in [6, 6.07) is 0. The third-order valence-corrected chi connectivity index (χ3v) is 1.94. The number of amides is 1. The number of halogens is 1. The predicted molar refractivity (Wildman–Crippen MR) is 35.0 cm³/mol. The van der Waals surface area contributed by atoms with Gasteiger partial charge in [0.15, 0.2) is 0 Å². The van der Waals surface area contributed by atoms with Crippen LogP contribution < -0.4 is 5.73 Å². The van der Waals surface area contributed by atoms with Crippen LogP contribution in [0, 0.1) is 0 Å². The molecular formula is C4H8FNO4S. The minimum atomic E-state index is -3.96. The minimum absolute atomic E-state index is 0.199. The topological polar surface area (TPSA) is 86.5 Å². The molecule has 0 fully saturated rings. The highest BCUT2D eigenvalue weighted by Gasteiger charge is 2.13. The second-order valence-corrected chi connectivity index (χ2v) is 3.40. The van der Waals surface area contributed by atoms with E-state index in [1.54, 1.807) is 0 Å². The summed E-state index contributed by atoms with van der Waals surface area (Å²) in [5, 5.41) is 0. The normalized spacial score (nSPS) is 11.0. The third-order valence-electron chi connectivity index (χ3n) is 0.737. The predicted octanol–water partition coefficient (Wildman–Crippen LogP) is -0.229. The van der Waals surface area contributed by atoms with Gasteiger partial charge in [-0.25, -0.2) is 4.79 Å². The van der Waals surface area contributed by atoms with Crippen LogP contribution in [0.25, 0.3) is 0 Å². The van der Waals surface area contributed by atoms with Gasteiger partial charge in [-0.2, -0.15) is 8.42 Å². The molecule has 0 heterocycles. The lowest BCUT2D eigenvalue weighted by atomic mass is 10.6. The molecule has 1 amide bonds.